The minimum atomic E-state index is -0.226. The van der Waals surface area contributed by atoms with Gasteiger partial charge in [-0.1, -0.05) is 12.8 Å². The number of hydrogen-bond acceptors (Lipinski definition) is 2. The van der Waals surface area contributed by atoms with Crippen molar-refractivity contribution in [2.75, 3.05) is 6.54 Å². The van der Waals surface area contributed by atoms with Crippen LogP contribution < -0.4 is 5.73 Å². The Morgan fingerprint density at radius 2 is 1.71 bits per heavy atom. The molecule has 2 aliphatic rings. The molecule has 14 heavy (non-hydrogen) atoms. The van der Waals surface area contributed by atoms with Gasteiger partial charge in [0, 0.05) is 12.6 Å². The summed E-state index contributed by atoms with van der Waals surface area (Å²) >= 11 is 0. The highest BCUT2D eigenvalue weighted by Crippen LogP contribution is 2.25. The summed E-state index contributed by atoms with van der Waals surface area (Å²) in [6.07, 6.45) is 8.07. The molecule has 2 saturated heterocycles. The Morgan fingerprint density at radius 3 is 2.50 bits per heavy atom. The SMILES string of the molecule is NC1CCCCC2CCCCN2C1=O. The van der Waals surface area contributed by atoms with Crippen molar-refractivity contribution in [2.45, 2.75) is 57.0 Å². The van der Waals surface area contributed by atoms with Crippen LogP contribution in [-0.4, -0.2) is 29.4 Å². The summed E-state index contributed by atoms with van der Waals surface area (Å²) in [5.41, 5.74) is 5.86. The van der Waals surface area contributed by atoms with Gasteiger partial charge in [0.25, 0.3) is 0 Å². The highest BCUT2D eigenvalue weighted by molar-refractivity contribution is 5.82. The van der Waals surface area contributed by atoms with E-state index < -0.39 is 0 Å². The van der Waals surface area contributed by atoms with Crippen molar-refractivity contribution in [1.29, 1.82) is 0 Å². The van der Waals surface area contributed by atoms with Crippen molar-refractivity contribution >= 4 is 5.91 Å². The Bertz CT molecular complexity index is 217. The Labute approximate surface area is 85.6 Å². The number of nitrogens with two attached hydrogens (primary N) is 1. The number of carbonyl (C=O) groups is 1. The highest BCUT2D eigenvalue weighted by atomic mass is 16.2. The molecule has 2 N–H and O–H groups in total. The minimum Gasteiger partial charge on any atom is -0.338 e. The zero-order valence-corrected chi connectivity index (χ0v) is 8.74. The molecule has 3 heteroatoms. The number of amides is 1. The van der Waals surface area contributed by atoms with Crippen molar-refractivity contribution in [3.05, 3.63) is 0 Å². The summed E-state index contributed by atoms with van der Waals surface area (Å²) in [5, 5.41) is 0. The second-order valence-corrected chi connectivity index (χ2v) is 4.57. The lowest BCUT2D eigenvalue weighted by Gasteiger charge is -2.38. The van der Waals surface area contributed by atoms with Gasteiger partial charge in [0.15, 0.2) is 0 Å². The maximum atomic E-state index is 11.9. The van der Waals surface area contributed by atoms with E-state index >= 15 is 0 Å². The minimum absolute atomic E-state index is 0.203. The van der Waals surface area contributed by atoms with Crippen molar-refractivity contribution in [1.82, 2.24) is 4.90 Å². The van der Waals surface area contributed by atoms with Gasteiger partial charge in [0.1, 0.15) is 0 Å². The molecule has 0 aromatic rings. The second-order valence-electron chi connectivity index (χ2n) is 4.57. The van der Waals surface area contributed by atoms with Gasteiger partial charge in [-0.25, -0.2) is 0 Å². The first-order valence-electron chi connectivity index (χ1n) is 5.85. The Morgan fingerprint density at radius 1 is 1.07 bits per heavy atom. The molecule has 0 spiro atoms. The first-order valence-corrected chi connectivity index (χ1v) is 5.85. The molecular weight excluding hydrogens is 176 g/mol. The second kappa shape index (κ2) is 4.30. The molecule has 0 saturated carbocycles. The Balaban J connectivity index is 2.08. The predicted octanol–water partition coefficient (Wildman–Crippen LogP) is 1.27. The fourth-order valence-electron chi connectivity index (χ4n) is 2.67. The molecule has 0 aromatic carbocycles. The molecule has 2 aliphatic heterocycles. The van der Waals surface area contributed by atoms with E-state index in [1.165, 1.54) is 25.7 Å². The number of rotatable bonds is 0. The summed E-state index contributed by atoms with van der Waals surface area (Å²) < 4.78 is 0. The van der Waals surface area contributed by atoms with Gasteiger partial charge in [-0.05, 0) is 32.1 Å². The van der Waals surface area contributed by atoms with E-state index in [-0.39, 0.29) is 11.9 Å². The van der Waals surface area contributed by atoms with Crippen LogP contribution in [0.4, 0.5) is 0 Å². The fraction of sp³-hybridized carbons (Fsp3) is 0.909. The summed E-state index contributed by atoms with van der Waals surface area (Å²) in [5.74, 6) is 0.203. The molecular formula is C11H20N2O. The third-order valence-electron chi connectivity index (χ3n) is 3.53. The molecule has 3 nitrogen and oxygen atoms in total. The average Bonchev–Trinajstić information content (AvgIpc) is 2.22. The molecule has 2 fully saturated rings. The fourth-order valence-corrected chi connectivity index (χ4v) is 2.67. The van der Waals surface area contributed by atoms with Gasteiger partial charge < -0.3 is 10.6 Å². The molecule has 1 amide bonds. The van der Waals surface area contributed by atoms with Crippen molar-refractivity contribution in [2.24, 2.45) is 5.73 Å². The van der Waals surface area contributed by atoms with Crippen molar-refractivity contribution in [3.63, 3.8) is 0 Å². The predicted molar refractivity (Wildman–Crippen MR) is 55.8 cm³/mol. The molecule has 0 aromatic heterocycles. The first kappa shape index (κ1) is 9.97. The van der Waals surface area contributed by atoms with Crippen LogP contribution in [0.1, 0.15) is 44.9 Å². The quantitative estimate of drug-likeness (QED) is 0.634. The van der Waals surface area contributed by atoms with E-state index in [4.69, 9.17) is 5.73 Å². The largest absolute Gasteiger partial charge is 0.338 e. The topological polar surface area (TPSA) is 46.3 Å². The monoisotopic (exact) mass is 196 g/mol. The van der Waals surface area contributed by atoms with Gasteiger partial charge in [-0.15, -0.1) is 0 Å². The van der Waals surface area contributed by atoms with Crippen molar-refractivity contribution < 1.29 is 4.79 Å². The maximum Gasteiger partial charge on any atom is 0.239 e. The highest BCUT2D eigenvalue weighted by Gasteiger charge is 2.30. The van der Waals surface area contributed by atoms with E-state index in [0.717, 1.165) is 25.8 Å². The lowest BCUT2D eigenvalue weighted by molar-refractivity contribution is -0.137. The van der Waals surface area contributed by atoms with E-state index in [2.05, 4.69) is 0 Å². The van der Waals surface area contributed by atoms with Gasteiger partial charge in [-0.2, -0.15) is 0 Å². The number of hydrogen-bond donors (Lipinski definition) is 1. The van der Waals surface area contributed by atoms with Crippen LogP contribution in [0.2, 0.25) is 0 Å². The van der Waals surface area contributed by atoms with Crippen LogP contribution in [0.15, 0.2) is 0 Å². The number of nitrogens with zero attached hydrogens (tertiary/aromatic N) is 1. The molecule has 2 atom stereocenters. The molecule has 2 unspecified atom stereocenters. The average molecular weight is 196 g/mol. The molecule has 2 heterocycles. The smallest absolute Gasteiger partial charge is 0.239 e. The zero-order chi connectivity index (χ0) is 9.97. The van der Waals surface area contributed by atoms with Gasteiger partial charge in [0.2, 0.25) is 5.91 Å². The molecule has 2 rings (SSSR count). The van der Waals surface area contributed by atoms with Crippen LogP contribution in [0.3, 0.4) is 0 Å². The maximum absolute atomic E-state index is 11.9. The number of carbonyl (C=O) groups excluding carboxylic acids is 1. The normalized spacial score (nSPS) is 34.6. The van der Waals surface area contributed by atoms with Gasteiger partial charge in [0.05, 0.1) is 6.04 Å². The number of fused-ring (bicyclic) bond motifs is 1. The Hall–Kier alpha value is -0.570. The van der Waals surface area contributed by atoms with Gasteiger partial charge in [-0.3, -0.25) is 4.79 Å². The van der Waals surface area contributed by atoms with Crippen LogP contribution in [0.25, 0.3) is 0 Å². The Kier molecular flexibility index (Phi) is 3.06. The molecule has 80 valence electrons. The van der Waals surface area contributed by atoms with Crippen LogP contribution >= 0.6 is 0 Å². The van der Waals surface area contributed by atoms with Crippen LogP contribution in [0, 0.1) is 0 Å². The molecule has 0 aliphatic carbocycles. The summed E-state index contributed by atoms with van der Waals surface area (Å²) in [4.78, 5) is 14.0. The van der Waals surface area contributed by atoms with E-state index in [0.29, 0.717) is 6.04 Å². The van der Waals surface area contributed by atoms with Crippen molar-refractivity contribution in [3.8, 4) is 0 Å². The lowest BCUT2D eigenvalue weighted by Crippen LogP contribution is -2.51. The van der Waals surface area contributed by atoms with Gasteiger partial charge >= 0.3 is 0 Å². The van der Waals surface area contributed by atoms with E-state index in [1.54, 1.807) is 0 Å². The first-order chi connectivity index (χ1) is 6.79. The van der Waals surface area contributed by atoms with Crippen LogP contribution in [0.5, 0.6) is 0 Å². The lowest BCUT2D eigenvalue weighted by atomic mass is 9.92. The van der Waals surface area contributed by atoms with E-state index in [1.807, 2.05) is 4.90 Å². The zero-order valence-electron chi connectivity index (χ0n) is 8.74. The summed E-state index contributed by atoms with van der Waals surface area (Å²) in [7, 11) is 0. The molecule has 0 radical (unpaired) electrons. The number of piperidine rings is 1. The standard InChI is InChI=1S/C11H20N2O/c12-10-7-2-1-5-9-6-3-4-8-13(9)11(10)14/h9-10H,1-8,12H2. The molecule has 0 bridgehead atoms. The summed E-state index contributed by atoms with van der Waals surface area (Å²) in [6, 6.07) is 0.276. The third-order valence-corrected chi connectivity index (χ3v) is 3.53. The van der Waals surface area contributed by atoms with Crippen LogP contribution in [-0.2, 0) is 4.79 Å². The third kappa shape index (κ3) is 1.92. The van der Waals surface area contributed by atoms with E-state index in [9.17, 15) is 4.79 Å². The summed E-state index contributed by atoms with van der Waals surface area (Å²) in [6.45, 7) is 0.942.